The zero-order chi connectivity index (χ0) is 14.4. The largest absolute Gasteiger partial charge is 0.492 e. The summed E-state index contributed by atoms with van der Waals surface area (Å²) in [5, 5.41) is 4.01. The molecule has 1 aromatic rings. The number of methoxy groups -OCH3 is 1. The molecule has 20 heavy (non-hydrogen) atoms. The predicted molar refractivity (Wildman–Crippen MR) is 78.5 cm³/mol. The molecular weight excluding hydrogens is 278 g/mol. The van der Waals surface area contributed by atoms with Gasteiger partial charge in [0.05, 0.1) is 18.7 Å². The molecule has 1 N–H and O–H groups in total. The lowest BCUT2D eigenvalue weighted by Gasteiger charge is -2.15. The number of fused-ring (bicyclic) bond motifs is 1. The maximum absolute atomic E-state index is 11.1. The minimum Gasteiger partial charge on any atom is -0.492 e. The molecule has 1 aromatic carbocycles. The lowest BCUT2D eigenvalue weighted by molar-refractivity contribution is -0.140. The van der Waals surface area contributed by atoms with Gasteiger partial charge in [0.2, 0.25) is 0 Å². The van der Waals surface area contributed by atoms with E-state index in [1.165, 1.54) is 18.2 Å². The number of esters is 1. The van der Waals surface area contributed by atoms with Gasteiger partial charge >= 0.3 is 5.97 Å². The van der Waals surface area contributed by atoms with Crippen molar-refractivity contribution in [2.45, 2.75) is 25.7 Å². The molecule has 0 amide bonds. The van der Waals surface area contributed by atoms with Crippen LogP contribution in [0.3, 0.4) is 0 Å². The Bertz CT molecular complexity index is 476. The number of hydrogen-bond acceptors (Lipinski definition) is 4. The van der Waals surface area contributed by atoms with Crippen LogP contribution < -0.4 is 10.1 Å². The van der Waals surface area contributed by atoms with Crippen molar-refractivity contribution < 1.29 is 14.3 Å². The Morgan fingerprint density at radius 3 is 2.95 bits per heavy atom. The summed E-state index contributed by atoms with van der Waals surface area (Å²) in [6, 6.07) is 3.97. The molecular formula is C15H20ClNO3. The molecule has 1 aliphatic heterocycles. The van der Waals surface area contributed by atoms with Crippen LogP contribution in [0, 0.1) is 0 Å². The van der Waals surface area contributed by atoms with E-state index >= 15 is 0 Å². The molecule has 0 aliphatic carbocycles. The second-order valence-corrected chi connectivity index (χ2v) is 5.20. The van der Waals surface area contributed by atoms with E-state index in [1.807, 2.05) is 6.07 Å². The lowest BCUT2D eigenvalue weighted by Crippen LogP contribution is -2.16. The van der Waals surface area contributed by atoms with Crippen molar-refractivity contribution in [1.82, 2.24) is 5.32 Å². The Hall–Kier alpha value is -1.26. The third-order valence-corrected chi connectivity index (χ3v) is 3.73. The number of rotatable bonds is 5. The van der Waals surface area contributed by atoms with Crippen LogP contribution >= 0.6 is 11.6 Å². The molecule has 5 heteroatoms. The van der Waals surface area contributed by atoms with E-state index < -0.39 is 0 Å². The molecule has 0 saturated carbocycles. The van der Waals surface area contributed by atoms with E-state index in [1.54, 1.807) is 0 Å². The molecule has 0 atom stereocenters. The molecule has 0 saturated heterocycles. The number of hydrogen-bond donors (Lipinski definition) is 1. The van der Waals surface area contributed by atoms with Crippen LogP contribution in [-0.2, 0) is 22.4 Å². The first-order valence-electron chi connectivity index (χ1n) is 6.93. The van der Waals surface area contributed by atoms with Crippen LogP contribution in [0.25, 0.3) is 0 Å². The van der Waals surface area contributed by atoms with Gasteiger partial charge in [-0.05, 0) is 44.0 Å². The monoisotopic (exact) mass is 297 g/mol. The number of halogens is 1. The molecule has 0 unspecified atom stereocenters. The molecule has 0 fully saturated rings. The highest BCUT2D eigenvalue weighted by molar-refractivity contribution is 6.32. The summed E-state index contributed by atoms with van der Waals surface area (Å²) in [7, 11) is 1.39. The van der Waals surface area contributed by atoms with Crippen molar-refractivity contribution in [3.05, 3.63) is 28.3 Å². The smallest absolute Gasteiger partial charge is 0.305 e. The summed E-state index contributed by atoms with van der Waals surface area (Å²) < 4.78 is 10.4. The molecule has 0 bridgehead atoms. The Labute approximate surface area is 124 Å². The summed E-state index contributed by atoms with van der Waals surface area (Å²) in [5.41, 5.74) is 2.49. The fourth-order valence-electron chi connectivity index (χ4n) is 2.36. The van der Waals surface area contributed by atoms with E-state index in [-0.39, 0.29) is 5.97 Å². The van der Waals surface area contributed by atoms with E-state index in [9.17, 15) is 4.79 Å². The molecule has 0 radical (unpaired) electrons. The molecule has 2 rings (SSSR count). The third-order valence-electron chi connectivity index (χ3n) is 3.43. The summed E-state index contributed by atoms with van der Waals surface area (Å²) in [6.45, 7) is 2.39. The van der Waals surface area contributed by atoms with Gasteiger partial charge in [-0.3, -0.25) is 4.79 Å². The van der Waals surface area contributed by atoms with Gasteiger partial charge in [0.1, 0.15) is 5.75 Å². The van der Waals surface area contributed by atoms with Gasteiger partial charge in [-0.25, -0.2) is 0 Å². The minimum atomic E-state index is -0.212. The lowest BCUT2D eigenvalue weighted by atomic mass is 10.0. The summed E-state index contributed by atoms with van der Waals surface area (Å²) in [6.07, 6.45) is 2.91. The number of carbonyl (C=O) groups is 1. The average Bonchev–Trinajstić information content (AvgIpc) is 2.70. The molecule has 1 aliphatic rings. The van der Waals surface area contributed by atoms with Crippen LogP contribution in [0.5, 0.6) is 5.75 Å². The molecule has 0 aromatic heterocycles. The number of ether oxygens (including phenoxy) is 2. The zero-order valence-electron chi connectivity index (χ0n) is 11.7. The highest BCUT2D eigenvalue weighted by Gasteiger charge is 2.16. The minimum absolute atomic E-state index is 0.212. The SMILES string of the molecule is COC(=O)CCCOc1c(Cl)ccc2c1CCNCC2. The summed E-state index contributed by atoms with van der Waals surface area (Å²) in [4.78, 5) is 11.1. The second kappa shape index (κ2) is 7.50. The molecule has 1 heterocycles. The molecule has 110 valence electrons. The van der Waals surface area contributed by atoms with E-state index in [0.29, 0.717) is 24.5 Å². The van der Waals surface area contributed by atoms with Crippen molar-refractivity contribution in [2.75, 3.05) is 26.8 Å². The van der Waals surface area contributed by atoms with Gasteiger partial charge in [0.25, 0.3) is 0 Å². The van der Waals surface area contributed by atoms with Crippen molar-refractivity contribution in [1.29, 1.82) is 0 Å². The normalized spacial score (nSPS) is 14.3. The third kappa shape index (κ3) is 3.87. The maximum Gasteiger partial charge on any atom is 0.305 e. The van der Waals surface area contributed by atoms with Gasteiger partial charge in [-0.2, -0.15) is 0 Å². The summed E-state index contributed by atoms with van der Waals surface area (Å²) >= 11 is 6.25. The van der Waals surface area contributed by atoms with Crippen LogP contribution in [0.2, 0.25) is 5.02 Å². The average molecular weight is 298 g/mol. The highest BCUT2D eigenvalue weighted by Crippen LogP contribution is 2.33. The summed E-state index contributed by atoms with van der Waals surface area (Å²) in [5.74, 6) is 0.563. The second-order valence-electron chi connectivity index (χ2n) is 4.79. The maximum atomic E-state index is 11.1. The standard InChI is InChI=1S/C15H20ClNO3/c1-19-14(18)3-2-10-20-15-12-7-9-17-8-6-11(12)4-5-13(15)16/h4-5,17H,2-3,6-10H2,1H3. The first kappa shape index (κ1) is 15.1. The highest BCUT2D eigenvalue weighted by atomic mass is 35.5. The van der Waals surface area contributed by atoms with Gasteiger partial charge in [0, 0.05) is 12.0 Å². The van der Waals surface area contributed by atoms with Gasteiger partial charge in [-0.15, -0.1) is 0 Å². The molecule has 0 spiro atoms. The Morgan fingerprint density at radius 2 is 2.15 bits per heavy atom. The van der Waals surface area contributed by atoms with Crippen molar-refractivity contribution in [3.8, 4) is 5.75 Å². The predicted octanol–water partition coefficient (Wildman–Crippen LogP) is 2.36. The number of carbonyl (C=O) groups excluding carboxylic acids is 1. The van der Waals surface area contributed by atoms with Crippen molar-refractivity contribution in [2.24, 2.45) is 0 Å². The van der Waals surface area contributed by atoms with Crippen molar-refractivity contribution >= 4 is 17.6 Å². The van der Waals surface area contributed by atoms with Crippen molar-refractivity contribution in [3.63, 3.8) is 0 Å². The van der Waals surface area contributed by atoms with E-state index in [2.05, 4.69) is 16.1 Å². The van der Waals surface area contributed by atoms with E-state index in [4.69, 9.17) is 16.3 Å². The van der Waals surface area contributed by atoms with E-state index in [0.717, 1.165) is 31.7 Å². The van der Waals surface area contributed by atoms with Crippen LogP contribution in [0.15, 0.2) is 12.1 Å². The van der Waals surface area contributed by atoms with Gasteiger partial charge < -0.3 is 14.8 Å². The fraction of sp³-hybridized carbons (Fsp3) is 0.533. The Kier molecular flexibility index (Phi) is 5.68. The number of benzene rings is 1. The van der Waals surface area contributed by atoms with Gasteiger partial charge in [0.15, 0.2) is 0 Å². The first-order valence-corrected chi connectivity index (χ1v) is 7.30. The number of nitrogens with one attached hydrogen (secondary N) is 1. The van der Waals surface area contributed by atoms with Crippen LogP contribution in [0.1, 0.15) is 24.0 Å². The quantitative estimate of drug-likeness (QED) is 0.669. The Balaban J connectivity index is 2.01. The first-order chi connectivity index (χ1) is 9.72. The topological polar surface area (TPSA) is 47.6 Å². The van der Waals surface area contributed by atoms with Gasteiger partial charge in [-0.1, -0.05) is 17.7 Å². The fourth-order valence-corrected chi connectivity index (χ4v) is 2.59. The Morgan fingerprint density at radius 1 is 1.35 bits per heavy atom. The molecule has 4 nitrogen and oxygen atoms in total. The zero-order valence-corrected chi connectivity index (χ0v) is 12.5. The van der Waals surface area contributed by atoms with Crippen LogP contribution in [-0.4, -0.2) is 32.8 Å². The van der Waals surface area contributed by atoms with Crippen LogP contribution in [0.4, 0.5) is 0 Å².